The van der Waals surface area contributed by atoms with E-state index in [2.05, 4.69) is 4.74 Å². The van der Waals surface area contributed by atoms with Crippen molar-refractivity contribution < 1.29 is 27.5 Å². The Kier molecular flexibility index (Phi) is 2.97. The first kappa shape index (κ1) is 10.8. The Hall–Kier alpha value is -1.27. The Morgan fingerprint density at radius 3 is 2.57 bits per heavy atom. The van der Waals surface area contributed by atoms with Crippen LogP contribution in [0.15, 0.2) is 0 Å². The number of amides is 2. The molecule has 1 aliphatic rings. The number of imide groups is 1. The number of ether oxygens (including phenoxy) is 1. The first-order chi connectivity index (χ1) is 6.40. The van der Waals surface area contributed by atoms with Gasteiger partial charge in [-0.1, -0.05) is 0 Å². The summed E-state index contributed by atoms with van der Waals surface area (Å²) in [6.07, 6.45) is -7.16. The molecule has 1 heterocycles. The van der Waals surface area contributed by atoms with Crippen LogP contribution in [0, 0.1) is 0 Å². The second-order valence-corrected chi connectivity index (χ2v) is 2.77. The number of hydrogen-bond acceptors (Lipinski definition) is 3. The van der Waals surface area contributed by atoms with Crippen LogP contribution in [-0.2, 0) is 9.53 Å². The first-order valence-electron chi connectivity index (χ1n) is 3.94. The Balaban J connectivity index is 2.39. The van der Waals surface area contributed by atoms with Crippen LogP contribution >= 0.6 is 0 Å². The van der Waals surface area contributed by atoms with Gasteiger partial charge in [0, 0.05) is 6.42 Å². The smallest absolute Gasteiger partial charge is 0.416 e. The van der Waals surface area contributed by atoms with E-state index in [0.29, 0.717) is 4.90 Å². The summed E-state index contributed by atoms with van der Waals surface area (Å²) in [7, 11) is 0. The molecule has 1 saturated heterocycles. The van der Waals surface area contributed by atoms with Gasteiger partial charge < -0.3 is 4.74 Å². The van der Waals surface area contributed by atoms with E-state index >= 15 is 0 Å². The molecule has 0 radical (unpaired) electrons. The number of carbonyl (C=O) groups excluding carboxylic acids is 2. The van der Waals surface area contributed by atoms with Crippen molar-refractivity contribution in [3.63, 3.8) is 0 Å². The Bertz CT molecular complexity index is 251. The lowest BCUT2D eigenvalue weighted by Gasteiger charge is -2.11. The highest BCUT2D eigenvalue weighted by Crippen LogP contribution is 2.22. The fraction of sp³-hybridized carbons (Fsp3) is 0.714. The van der Waals surface area contributed by atoms with E-state index in [-0.39, 0.29) is 13.2 Å². The minimum Gasteiger partial charge on any atom is -0.447 e. The second kappa shape index (κ2) is 3.85. The standard InChI is InChI=1S/C7H8F3NO3/c8-7(9,10)2-1-5(12)11-3-4-14-6(11)13/h1-4H2. The number of rotatable bonds is 2. The van der Waals surface area contributed by atoms with Crippen LogP contribution in [0.25, 0.3) is 0 Å². The molecule has 0 N–H and O–H groups in total. The monoisotopic (exact) mass is 211 g/mol. The highest BCUT2D eigenvalue weighted by Gasteiger charge is 2.33. The average Bonchev–Trinajstić information content (AvgIpc) is 2.46. The minimum atomic E-state index is -4.38. The fourth-order valence-corrected chi connectivity index (χ4v) is 1.00. The fourth-order valence-electron chi connectivity index (χ4n) is 1.00. The molecule has 1 aliphatic heterocycles. The van der Waals surface area contributed by atoms with Gasteiger partial charge in [-0.15, -0.1) is 0 Å². The molecule has 4 nitrogen and oxygen atoms in total. The third kappa shape index (κ3) is 2.90. The molecule has 0 aromatic carbocycles. The lowest BCUT2D eigenvalue weighted by atomic mass is 10.3. The van der Waals surface area contributed by atoms with E-state index in [9.17, 15) is 22.8 Å². The highest BCUT2D eigenvalue weighted by atomic mass is 19.4. The number of carbonyl (C=O) groups is 2. The summed E-state index contributed by atoms with van der Waals surface area (Å²) >= 11 is 0. The molecule has 0 aliphatic carbocycles. The average molecular weight is 211 g/mol. The Morgan fingerprint density at radius 1 is 1.50 bits per heavy atom. The zero-order valence-corrected chi connectivity index (χ0v) is 7.13. The van der Waals surface area contributed by atoms with E-state index < -0.39 is 31.0 Å². The van der Waals surface area contributed by atoms with Gasteiger partial charge in [0.1, 0.15) is 6.61 Å². The van der Waals surface area contributed by atoms with E-state index in [1.165, 1.54) is 0 Å². The van der Waals surface area contributed by atoms with E-state index in [1.54, 1.807) is 0 Å². The van der Waals surface area contributed by atoms with Crippen molar-refractivity contribution in [3.05, 3.63) is 0 Å². The van der Waals surface area contributed by atoms with Gasteiger partial charge in [0.05, 0.1) is 13.0 Å². The van der Waals surface area contributed by atoms with Crippen LogP contribution in [0.5, 0.6) is 0 Å². The molecule has 0 spiro atoms. The van der Waals surface area contributed by atoms with Gasteiger partial charge in [-0.25, -0.2) is 9.69 Å². The lowest BCUT2D eigenvalue weighted by Crippen LogP contribution is -2.32. The zero-order chi connectivity index (χ0) is 10.8. The van der Waals surface area contributed by atoms with Gasteiger partial charge in [-0.2, -0.15) is 13.2 Å². The molecule has 0 aromatic rings. The molecule has 1 rings (SSSR count). The molecule has 0 atom stereocenters. The number of alkyl halides is 3. The van der Waals surface area contributed by atoms with Crippen molar-refractivity contribution in [3.8, 4) is 0 Å². The predicted molar refractivity (Wildman–Crippen MR) is 38.4 cm³/mol. The van der Waals surface area contributed by atoms with Crippen molar-refractivity contribution in [2.75, 3.05) is 13.2 Å². The van der Waals surface area contributed by atoms with Gasteiger partial charge in [0.2, 0.25) is 5.91 Å². The maximum atomic E-state index is 11.7. The molecule has 0 bridgehead atoms. The Labute approximate surface area is 77.6 Å². The van der Waals surface area contributed by atoms with Gasteiger partial charge in [0.25, 0.3) is 0 Å². The number of nitrogens with zero attached hydrogens (tertiary/aromatic N) is 1. The summed E-state index contributed by atoms with van der Waals surface area (Å²) in [4.78, 5) is 22.5. The van der Waals surface area contributed by atoms with Crippen molar-refractivity contribution in [1.29, 1.82) is 0 Å². The molecule has 7 heteroatoms. The molecular formula is C7H8F3NO3. The molecule has 0 unspecified atom stereocenters. The van der Waals surface area contributed by atoms with Gasteiger partial charge in [-0.3, -0.25) is 4.79 Å². The largest absolute Gasteiger partial charge is 0.447 e. The Morgan fingerprint density at radius 2 is 2.14 bits per heavy atom. The highest BCUT2D eigenvalue weighted by molar-refractivity contribution is 5.92. The molecule has 2 amide bonds. The number of hydrogen-bond donors (Lipinski definition) is 0. The normalized spacial score (nSPS) is 17.1. The summed E-state index contributed by atoms with van der Waals surface area (Å²) in [5, 5.41) is 0. The van der Waals surface area contributed by atoms with E-state index in [1.807, 2.05) is 0 Å². The summed E-state index contributed by atoms with van der Waals surface area (Å²) in [5.74, 6) is -0.843. The summed E-state index contributed by atoms with van der Waals surface area (Å²) in [6.45, 7) is 0.0894. The van der Waals surface area contributed by atoms with Crippen LogP contribution in [0.3, 0.4) is 0 Å². The minimum absolute atomic E-state index is 0.0372. The van der Waals surface area contributed by atoms with Crippen LogP contribution in [0.2, 0.25) is 0 Å². The van der Waals surface area contributed by atoms with E-state index in [0.717, 1.165) is 0 Å². The topological polar surface area (TPSA) is 46.6 Å². The third-order valence-electron chi connectivity index (χ3n) is 1.68. The molecule has 0 saturated carbocycles. The summed E-state index contributed by atoms with van der Waals surface area (Å²) in [6, 6.07) is 0. The number of halogens is 3. The molecule has 14 heavy (non-hydrogen) atoms. The molecule has 1 fully saturated rings. The summed E-state index contributed by atoms with van der Waals surface area (Å²) in [5.41, 5.74) is 0. The maximum absolute atomic E-state index is 11.7. The van der Waals surface area contributed by atoms with Gasteiger partial charge >= 0.3 is 12.3 Å². The van der Waals surface area contributed by atoms with E-state index in [4.69, 9.17) is 0 Å². The van der Waals surface area contributed by atoms with Gasteiger partial charge in [-0.05, 0) is 0 Å². The molecule has 0 aromatic heterocycles. The SMILES string of the molecule is O=C(CCC(F)(F)F)N1CCOC1=O. The quantitative estimate of drug-likeness (QED) is 0.691. The lowest BCUT2D eigenvalue weighted by molar-refractivity contribution is -0.147. The molecule has 80 valence electrons. The number of cyclic esters (lactones) is 1. The van der Waals surface area contributed by atoms with Crippen molar-refractivity contribution in [2.45, 2.75) is 19.0 Å². The zero-order valence-electron chi connectivity index (χ0n) is 7.13. The second-order valence-electron chi connectivity index (χ2n) is 2.77. The van der Waals surface area contributed by atoms with Crippen LogP contribution in [-0.4, -0.2) is 36.2 Å². The van der Waals surface area contributed by atoms with Crippen molar-refractivity contribution >= 4 is 12.0 Å². The van der Waals surface area contributed by atoms with Gasteiger partial charge in [0.15, 0.2) is 0 Å². The summed E-state index contributed by atoms with van der Waals surface area (Å²) < 4.78 is 39.5. The molecular weight excluding hydrogens is 203 g/mol. The first-order valence-corrected chi connectivity index (χ1v) is 3.94. The third-order valence-corrected chi connectivity index (χ3v) is 1.68. The van der Waals surface area contributed by atoms with Crippen LogP contribution in [0.1, 0.15) is 12.8 Å². The van der Waals surface area contributed by atoms with Crippen LogP contribution < -0.4 is 0 Å². The predicted octanol–water partition coefficient (Wildman–Crippen LogP) is 1.31. The maximum Gasteiger partial charge on any atom is 0.416 e. The van der Waals surface area contributed by atoms with Crippen LogP contribution in [0.4, 0.5) is 18.0 Å². The van der Waals surface area contributed by atoms with Crippen molar-refractivity contribution in [2.24, 2.45) is 0 Å². The van der Waals surface area contributed by atoms with Crippen molar-refractivity contribution in [1.82, 2.24) is 4.90 Å².